The number of rotatable bonds is 7. The summed E-state index contributed by atoms with van der Waals surface area (Å²) in [6, 6.07) is 9.63. The lowest BCUT2D eigenvalue weighted by atomic mass is 10.2. The van der Waals surface area contributed by atoms with Crippen molar-refractivity contribution in [3.63, 3.8) is 0 Å². The highest BCUT2D eigenvalue weighted by atomic mass is 16.5. The molecule has 25 heavy (non-hydrogen) atoms. The lowest BCUT2D eigenvalue weighted by molar-refractivity contribution is -0.122. The molecule has 0 saturated carbocycles. The topological polar surface area (TPSA) is 74.0 Å². The lowest BCUT2D eigenvalue weighted by Crippen LogP contribution is -2.33. The van der Waals surface area contributed by atoms with Crippen LogP contribution in [0.4, 0.5) is 0 Å². The average Bonchev–Trinajstić information content (AvgIpc) is 3.15. The van der Waals surface area contributed by atoms with Gasteiger partial charge in [-0.15, -0.1) is 0 Å². The van der Waals surface area contributed by atoms with E-state index in [0.717, 1.165) is 22.6 Å². The third-order valence-corrected chi connectivity index (χ3v) is 4.29. The number of ether oxygens (including phenoxy) is 1. The van der Waals surface area contributed by atoms with Crippen molar-refractivity contribution in [3.8, 4) is 0 Å². The number of methoxy groups -OCH3 is 1. The molecule has 0 aliphatic rings. The fourth-order valence-electron chi connectivity index (χ4n) is 3.05. The third kappa shape index (κ3) is 3.71. The number of amides is 1. The Kier molecular flexibility index (Phi) is 5.14. The van der Waals surface area contributed by atoms with Crippen LogP contribution >= 0.6 is 0 Å². The Labute approximate surface area is 146 Å². The normalized spacial score (nSPS) is 12.4. The molecule has 2 heterocycles. The largest absolute Gasteiger partial charge is 0.382 e. The van der Waals surface area contributed by atoms with Gasteiger partial charge in [0.15, 0.2) is 0 Å². The average molecular weight is 341 g/mol. The van der Waals surface area contributed by atoms with Gasteiger partial charge in [0.05, 0.1) is 29.4 Å². The van der Waals surface area contributed by atoms with Crippen molar-refractivity contribution in [2.24, 2.45) is 7.05 Å². The van der Waals surface area contributed by atoms with Crippen LogP contribution in [0.25, 0.3) is 11.0 Å². The van der Waals surface area contributed by atoms with Gasteiger partial charge in [0.2, 0.25) is 5.91 Å². The second kappa shape index (κ2) is 7.48. The smallest absolute Gasteiger partial charge is 0.222 e. The quantitative estimate of drug-likeness (QED) is 0.713. The SMILES string of the molecule is COCC(NC(=O)CCn1c(C)nc2ccccc21)c1ccnn1C. The van der Waals surface area contributed by atoms with Crippen LogP contribution in [0.15, 0.2) is 36.5 Å². The Morgan fingerprint density at radius 2 is 2.12 bits per heavy atom. The molecule has 1 unspecified atom stereocenters. The summed E-state index contributed by atoms with van der Waals surface area (Å²) in [6.45, 7) is 2.95. The number of aromatic nitrogens is 4. The molecule has 7 nitrogen and oxygen atoms in total. The van der Waals surface area contributed by atoms with Crippen LogP contribution < -0.4 is 5.32 Å². The predicted octanol–water partition coefficient (Wildman–Crippen LogP) is 1.97. The number of imidazole rings is 1. The molecule has 132 valence electrons. The van der Waals surface area contributed by atoms with E-state index >= 15 is 0 Å². The van der Waals surface area contributed by atoms with Crippen molar-refractivity contribution >= 4 is 16.9 Å². The van der Waals surface area contributed by atoms with Gasteiger partial charge in [-0.3, -0.25) is 9.48 Å². The van der Waals surface area contributed by atoms with Gasteiger partial charge in [-0.2, -0.15) is 5.10 Å². The number of aryl methyl sites for hydroxylation is 3. The van der Waals surface area contributed by atoms with Crippen LogP contribution in [0.2, 0.25) is 0 Å². The van der Waals surface area contributed by atoms with Crippen LogP contribution in [0.5, 0.6) is 0 Å². The van der Waals surface area contributed by atoms with Crippen molar-refractivity contribution in [2.45, 2.75) is 25.9 Å². The molecule has 3 rings (SSSR count). The number of carbonyl (C=O) groups is 1. The van der Waals surface area contributed by atoms with Crippen molar-refractivity contribution in [2.75, 3.05) is 13.7 Å². The van der Waals surface area contributed by atoms with E-state index in [1.165, 1.54) is 0 Å². The van der Waals surface area contributed by atoms with Gasteiger partial charge >= 0.3 is 0 Å². The first-order valence-corrected chi connectivity index (χ1v) is 8.28. The molecule has 0 radical (unpaired) electrons. The molecule has 0 aliphatic heterocycles. The Hall–Kier alpha value is -2.67. The van der Waals surface area contributed by atoms with Gasteiger partial charge in [-0.05, 0) is 25.1 Å². The van der Waals surface area contributed by atoms with Gasteiger partial charge in [0.1, 0.15) is 5.82 Å². The van der Waals surface area contributed by atoms with E-state index in [0.29, 0.717) is 19.6 Å². The third-order valence-electron chi connectivity index (χ3n) is 4.29. The van der Waals surface area contributed by atoms with E-state index in [1.807, 2.05) is 44.3 Å². The monoisotopic (exact) mass is 341 g/mol. The lowest BCUT2D eigenvalue weighted by Gasteiger charge is -2.18. The number of nitrogens with one attached hydrogen (secondary N) is 1. The van der Waals surface area contributed by atoms with E-state index in [2.05, 4.69) is 20.0 Å². The van der Waals surface area contributed by atoms with Crippen molar-refractivity contribution in [1.29, 1.82) is 0 Å². The molecule has 1 atom stereocenters. The predicted molar refractivity (Wildman–Crippen MR) is 95.1 cm³/mol. The first-order chi connectivity index (χ1) is 12.1. The Morgan fingerprint density at radius 3 is 2.84 bits per heavy atom. The number of carbonyl (C=O) groups excluding carboxylic acids is 1. The number of hydrogen-bond donors (Lipinski definition) is 1. The molecule has 0 bridgehead atoms. The highest BCUT2D eigenvalue weighted by Crippen LogP contribution is 2.16. The van der Waals surface area contributed by atoms with Crippen LogP contribution in [0.3, 0.4) is 0 Å². The molecule has 0 spiro atoms. The van der Waals surface area contributed by atoms with Crippen molar-refractivity contribution < 1.29 is 9.53 Å². The molecule has 1 N–H and O–H groups in total. The maximum Gasteiger partial charge on any atom is 0.222 e. The van der Waals surface area contributed by atoms with Crippen molar-refractivity contribution in [3.05, 3.63) is 48.0 Å². The summed E-state index contributed by atoms with van der Waals surface area (Å²) in [4.78, 5) is 17.0. The summed E-state index contributed by atoms with van der Waals surface area (Å²) >= 11 is 0. The Morgan fingerprint density at radius 1 is 1.32 bits per heavy atom. The number of fused-ring (bicyclic) bond motifs is 1. The van der Waals surface area contributed by atoms with Gasteiger partial charge in [-0.1, -0.05) is 12.1 Å². The molecule has 7 heteroatoms. The van der Waals surface area contributed by atoms with E-state index in [9.17, 15) is 4.79 Å². The van der Waals surface area contributed by atoms with E-state index in [4.69, 9.17) is 4.74 Å². The molecule has 0 fully saturated rings. The number of para-hydroxylation sites is 2. The zero-order chi connectivity index (χ0) is 17.8. The fraction of sp³-hybridized carbons (Fsp3) is 0.389. The van der Waals surface area contributed by atoms with Crippen LogP contribution in [-0.4, -0.2) is 39.0 Å². The van der Waals surface area contributed by atoms with Crippen LogP contribution in [0, 0.1) is 6.92 Å². The molecular formula is C18H23N5O2. The second-order valence-electron chi connectivity index (χ2n) is 6.00. The Bertz CT molecular complexity index is 867. The highest BCUT2D eigenvalue weighted by Gasteiger charge is 2.18. The molecule has 1 aromatic carbocycles. The second-order valence-corrected chi connectivity index (χ2v) is 6.00. The minimum atomic E-state index is -0.217. The minimum Gasteiger partial charge on any atom is -0.382 e. The molecule has 3 aromatic rings. The molecule has 2 aromatic heterocycles. The first kappa shape index (κ1) is 17.2. The molecule has 0 aliphatic carbocycles. The van der Waals surface area contributed by atoms with Crippen molar-refractivity contribution in [1.82, 2.24) is 24.6 Å². The number of benzene rings is 1. The number of nitrogens with zero attached hydrogens (tertiary/aromatic N) is 4. The minimum absolute atomic E-state index is 0.0274. The van der Waals surface area contributed by atoms with Gasteiger partial charge in [0.25, 0.3) is 0 Å². The van der Waals surface area contributed by atoms with Gasteiger partial charge < -0.3 is 14.6 Å². The summed E-state index contributed by atoms with van der Waals surface area (Å²) in [5, 5.41) is 7.19. The first-order valence-electron chi connectivity index (χ1n) is 8.28. The summed E-state index contributed by atoms with van der Waals surface area (Å²) < 4.78 is 9.06. The Balaban J connectivity index is 1.67. The summed E-state index contributed by atoms with van der Waals surface area (Å²) in [5.41, 5.74) is 2.92. The maximum atomic E-state index is 12.4. The van der Waals surface area contributed by atoms with Crippen LogP contribution in [-0.2, 0) is 23.1 Å². The summed E-state index contributed by atoms with van der Waals surface area (Å²) in [5.74, 6) is 0.884. The molecule has 1 amide bonds. The van der Waals surface area contributed by atoms with E-state index in [1.54, 1.807) is 18.0 Å². The zero-order valence-electron chi connectivity index (χ0n) is 14.8. The maximum absolute atomic E-state index is 12.4. The number of hydrogen-bond acceptors (Lipinski definition) is 4. The highest BCUT2D eigenvalue weighted by molar-refractivity contribution is 5.78. The standard InChI is InChI=1S/C18H23N5O2/c1-13-20-14-6-4-5-7-17(14)23(13)11-9-18(24)21-15(12-25-3)16-8-10-19-22(16)2/h4-8,10,15H,9,11-12H2,1-3H3,(H,21,24). The van der Waals surface area contributed by atoms with Gasteiger partial charge in [-0.25, -0.2) is 4.98 Å². The van der Waals surface area contributed by atoms with E-state index in [-0.39, 0.29) is 11.9 Å². The summed E-state index contributed by atoms with van der Waals surface area (Å²) in [7, 11) is 3.47. The fourth-order valence-corrected chi connectivity index (χ4v) is 3.05. The van der Waals surface area contributed by atoms with Gasteiger partial charge in [0, 0.05) is 33.3 Å². The van der Waals surface area contributed by atoms with Crippen LogP contribution in [0.1, 0.15) is 24.0 Å². The van der Waals surface area contributed by atoms with E-state index < -0.39 is 0 Å². The summed E-state index contributed by atoms with van der Waals surface area (Å²) in [6.07, 6.45) is 2.09. The molecular weight excluding hydrogens is 318 g/mol. The zero-order valence-corrected chi connectivity index (χ0v) is 14.8. The molecule has 0 saturated heterocycles.